The quantitative estimate of drug-likeness (QED) is 0.193. The number of unbranched alkanes of at least 4 members (excludes halogenated alkanes) is 4. The molecule has 3 rings (SSSR count). The SMILES string of the molecule is CCCCC1(CCCC)CSc2ccc(N(C)C)cc2C(c2ccc(OCCCCCN(CC)CC)cc2)[C@H]1O. The lowest BCUT2D eigenvalue weighted by atomic mass is 9.68. The molecule has 4 nitrogen and oxygen atoms in total. The number of aliphatic hydroxyl groups is 1. The topological polar surface area (TPSA) is 35.9 Å². The van der Waals surface area contributed by atoms with Crippen molar-refractivity contribution in [3.8, 4) is 5.75 Å². The normalized spacial score (nSPS) is 18.4. The summed E-state index contributed by atoms with van der Waals surface area (Å²) in [5.74, 6) is 1.86. The predicted molar refractivity (Wildman–Crippen MR) is 174 cm³/mol. The van der Waals surface area contributed by atoms with Crippen LogP contribution in [-0.2, 0) is 0 Å². The first kappa shape index (κ1) is 32.8. The molecule has 1 heterocycles. The molecule has 0 saturated carbocycles. The summed E-state index contributed by atoms with van der Waals surface area (Å²) in [5.41, 5.74) is 3.56. The number of aliphatic hydroxyl groups excluding tert-OH is 1. The standard InChI is InChI=1S/C35H56N2O2S/c1-7-11-22-35(23-12-8-2)27-40-32-21-18-29(36(5)6)26-31(32)33(34(35)38)28-16-19-30(20-17-28)39-25-15-13-14-24-37(9-3)10-4/h16-21,26,33-34,38H,7-15,22-25,27H2,1-6H3/t33?,34-/m1/s1. The molecular weight excluding hydrogens is 512 g/mol. The van der Waals surface area contributed by atoms with Gasteiger partial charge < -0.3 is 19.6 Å². The number of rotatable bonds is 17. The molecule has 1 unspecified atom stereocenters. The van der Waals surface area contributed by atoms with Crippen molar-refractivity contribution < 1.29 is 9.84 Å². The van der Waals surface area contributed by atoms with Crippen LogP contribution in [0, 0.1) is 5.41 Å². The Hall–Kier alpha value is -1.69. The fourth-order valence-corrected chi connectivity index (χ4v) is 7.54. The Balaban J connectivity index is 1.82. The number of thioether (sulfide) groups is 1. The van der Waals surface area contributed by atoms with Crippen LogP contribution in [0.5, 0.6) is 5.75 Å². The summed E-state index contributed by atoms with van der Waals surface area (Å²) in [4.78, 5) is 5.97. The summed E-state index contributed by atoms with van der Waals surface area (Å²) in [6.45, 7) is 13.2. The Morgan fingerprint density at radius 3 is 2.15 bits per heavy atom. The molecule has 40 heavy (non-hydrogen) atoms. The minimum Gasteiger partial charge on any atom is -0.494 e. The van der Waals surface area contributed by atoms with Crippen molar-refractivity contribution in [1.82, 2.24) is 4.90 Å². The molecule has 224 valence electrons. The number of ether oxygens (including phenoxy) is 1. The number of nitrogens with zero attached hydrogens (tertiary/aromatic N) is 2. The lowest BCUT2D eigenvalue weighted by molar-refractivity contribution is 0.0135. The molecule has 1 N–H and O–H groups in total. The van der Waals surface area contributed by atoms with E-state index >= 15 is 0 Å². The molecule has 0 spiro atoms. The second-order valence-electron chi connectivity index (χ2n) is 11.9. The van der Waals surface area contributed by atoms with Gasteiger partial charge in [0.2, 0.25) is 0 Å². The van der Waals surface area contributed by atoms with E-state index in [4.69, 9.17) is 4.74 Å². The van der Waals surface area contributed by atoms with Gasteiger partial charge in [0.1, 0.15) is 5.75 Å². The zero-order chi connectivity index (χ0) is 29.0. The van der Waals surface area contributed by atoms with E-state index in [1.165, 1.54) is 41.1 Å². The summed E-state index contributed by atoms with van der Waals surface area (Å²) in [5, 5.41) is 12.3. The van der Waals surface area contributed by atoms with E-state index in [1.807, 2.05) is 11.8 Å². The number of anilines is 1. The highest BCUT2D eigenvalue weighted by atomic mass is 32.2. The third kappa shape index (κ3) is 8.66. The Labute approximate surface area is 249 Å². The van der Waals surface area contributed by atoms with Crippen LogP contribution in [0.3, 0.4) is 0 Å². The highest BCUT2D eigenvalue weighted by Crippen LogP contribution is 2.52. The van der Waals surface area contributed by atoms with Gasteiger partial charge in [-0.1, -0.05) is 65.5 Å². The summed E-state index contributed by atoms with van der Waals surface area (Å²) in [6.07, 6.45) is 9.90. The first-order chi connectivity index (χ1) is 19.4. The van der Waals surface area contributed by atoms with E-state index in [-0.39, 0.29) is 11.3 Å². The zero-order valence-electron chi connectivity index (χ0n) is 26.3. The molecule has 0 amide bonds. The number of hydrogen-bond acceptors (Lipinski definition) is 5. The van der Waals surface area contributed by atoms with Gasteiger partial charge >= 0.3 is 0 Å². The lowest BCUT2D eigenvalue weighted by Crippen LogP contribution is -2.41. The lowest BCUT2D eigenvalue weighted by Gasteiger charge is -2.40. The molecule has 0 aliphatic carbocycles. The van der Waals surface area contributed by atoms with Gasteiger partial charge in [-0.25, -0.2) is 0 Å². The van der Waals surface area contributed by atoms with Crippen molar-refractivity contribution in [1.29, 1.82) is 0 Å². The number of fused-ring (bicyclic) bond motifs is 1. The van der Waals surface area contributed by atoms with Crippen LogP contribution in [0.4, 0.5) is 5.69 Å². The Morgan fingerprint density at radius 2 is 1.55 bits per heavy atom. The molecule has 0 bridgehead atoms. The van der Waals surface area contributed by atoms with E-state index in [1.54, 1.807) is 0 Å². The summed E-state index contributed by atoms with van der Waals surface area (Å²) >= 11 is 1.96. The monoisotopic (exact) mass is 568 g/mol. The van der Waals surface area contributed by atoms with Crippen LogP contribution in [-0.4, -0.2) is 62.2 Å². The predicted octanol–water partition coefficient (Wildman–Crippen LogP) is 8.61. The van der Waals surface area contributed by atoms with Gasteiger partial charge in [0.25, 0.3) is 0 Å². The fraction of sp³-hybridized carbons (Fsp3) is 0.657. The third-order valence-corrected chi connectivity index (χ3v) is 10.3. The average molecular weight is 569 g/mol. The molecule has 0 fully saturated rings. The van der Waals surface area contributed by atoms with Crippen molar-refractivity contribution in [3.05, 3.63) is 53.6 Å². The van der Waals surface area contributed by atoms with Crippen molar-refractivity contribution in [2.45, 2.75) is 102 Å². The van der Waals surface area contributed by atoms with Crippen LogP contribution in [0.15, 0.2) is 47.4 Å². The van der Waals surface area contributed by atoms with Gasteiger partial charge in [-0.3, -0.25) is 0 Å². The first-order valence-electron chi connectivity index (χ1n) is 16.0. The minimum absolute atomic E-state index is 0.0484. The van der Waals surface area contributed by atoms with E-state index < -0.39 is 6.10 Å². The molecule has 5 heteroatoms. The molecule has 0 saturated heterocycles. The molecular formula is C35H56N2O2S. The van der Waals surface area contributed by atoms with Crippen molar-refractivity contribution in [3.63, 3.8) is 0 Å². The van der Waals surface area contributed by atoms with Gasteiger partial charge in [-0.2, -0.15) is 0 Å². The van der Waals surface area contributed by atoms with E-state index in [0.717, 1.165) is 76.1 Å². The zero-order valence-corrected chi connectivity index (χ0v) is 27.1. The summed E-state index contributed by atoms with van der Waals surface area (Å²) < 4.78 is 6.14. The highest BCUT2D eigenvalue weighted by Gasteiger charge is 2.45. The third-order valence-electron chi connectivity index (χ3n) is 8.88. The maximum atomic E-state index is 12.3. The van der Waals surface area contributed by atoms with Gasteiger partial charge in [-0.15, -0.1) is 11.8 Å². The average Bonchev–Trinajstić information content (AvgIpc) is 3.09. The van der Waals surface area contributed by atoms with Gasteiger partial charge in [0, 0.05) is 41.8 Å². The highest BCUT2D eigenvalue weighted by molar-refractivity contribution is 7.99. The maximum absolute atomic E-state index is 12.3. The van der Waals surface area contributed by atoms with Crippen molar-refractivity contribution in [2.75, 3.05) is 51.0 Å². The smallest absolute Gasteiger partial charge is 0.119 e. The Morgan fingerprint density at radius 1 is 0.875 bits per heavy atom. The van der Waals surface area contributed by atoms with Crippen LogP contribution in [0.2, 0.25) is 0 Å². The van der Waals surface area contributed by atoms with E-state index in [9.17, 15) is 5.11 Å². The molecule has 0 aromatic heterocycles. The maximum Gasteiger partial charge on any atom is 0.119 e. The molecule has 1 aliphatic rings. The molecule has 2 aromatic carbocycles. The van der Waals surface area contributed by atoms with Crippen molar-refractivity contribution in [2.24, 2.45) is 5.41 Å². The Kier molecular flexibility index (Phi) is 13.7. The van der Waals surface area contributed by atoms with Crippen LogP contribution < -0.4 is 9.64 Å². The first-order valence-corrected chi connectivity index (χ1v) is 16.9. The summed E-state index contributed by atoms with van der Waals surface area (Å²) in [7, 11) is 4.19. The Bertz CT molecular complexity index is 981. The van der Waals surface area contributed by atoms with Crippen LogP contribution in [0.1, 0.15) is 103 Å². The van der Waals surface area contributed by atoms with Gasteiger partial charge in [0.15, 0.2) is 0 Å². The minimum atomic E-state index is -0.422. The molecule has 1 aliphatic heterocycles. The van der Waals surface area contributed by atoms with E-state index in [2.05, 4.69) is 94.1 Å². The largest absolute Gasteiger partial charge is 0.494 e. The second kappa shape index (κ2) is 16.7. The van der Waals surface area contributed by atoms with Crippen LogP contribution in [0.25, 0.3) is 0 Å². The number of benzene rings is 2. The van der Waals surface area contributed by atoms with Crippen LogP contribution >= 0.6 is 11.8 Å². The van der Waals surface area contributed by atoms with Gasteiger partial charge in [0.05, 0.1) is 12.7 Å². The summed E-state index contributed by atoms with van der Waals surface area (Å²) in [6, 6.07) is 15.5. The molecule has 2 atom stereocenters. The van der Waals surface area contributed by atoms with Crippen molar-refractivity contribution >= 4 is 17.4 Å². The second-order valence-corrected chi connectivity index (χ2v) is 12.9. The molecule has 0 radical (unpaired) electrons. The van der Waals surface area contributed by atoms with E-state index in [0.29, 0.717) is 0 Å². The number of hydrogen-bond donors (Lipinski definition) is 1. The fourth-order valence-electron chi connectivity index (χ4n) is 6.12. The van der Waals surface area contributed by atoms with Gasteiger partial charge in [-0.05, 0) is 93.2 Å². The molecule has 2 aromatic rings.